The average molecular weight is 364 g/mol. The maximum Gasteiger partial charge on any atom is 0.313 e. The molecule has 0 heterocycles. The van der Waals surface area contributed by atoms with Crippen LogP contribution in [-0.4, -0.2) is 42.7 Å². The number of halogens is 1. The number of anilines is 1. The number of methoxy groups -OCH3 is 2. The number of carbonyl (C=O) groups excluding carboxylic acids is 1. The molecule has 1 amide bonds. The van der Waals surface area contributed by atoms with Crippen LogP contribution in [0.3, 0.4) is 0 Å². The largest absolute Gasteiger partial charge is 0.495 e. The van der Waals surface area contributed by atoms with Gasteiger partial charge in [-0.05, 0) is 15.9 Å². The van der Waals surface area contributed by atoms with E-state index in [1.54, 1.807) is 12.1 Å². The molecule has 0 aliphatic carbocycles. The van der Waals surface area contributed by atoms with Gasteiger partial charge in [-0.15, -0.1) is 11.8 Å². The second-order valence-electron chi connectivity index (χ2n) is 3.63. The molecule has 0 unspecified atom stereocenters. The Balaban J connectivity index is 2.72. The van der Waals surface area contributed by atoms with Gasteiger partial charge in [0.05, 0.1) is 25.7 Å². The zero-order chi connectivity index (χ0) is 15.1. The summed E-state index contributed by atoms with van der Waals surface area (Å²) in [5.74, 6) is -0.235. The first-order valence-electron chi connectivity index (χ1n) is 5.48. The molecule has 0 atom stereocenters. The molecule has 0 fully saturated rings. The summed E-state index contributed by atoms with van der Waals surface area (Å²) in [5.41, 5.74) is 0.517. The van der Waals surface area contributed by atoms with Crippen LogP contribution in [0.2, 0.25) is 0 Å². The number of thioether (sulfide) groups is 1. The molecule has 0 radical (unpaired) electrons. The normalized spacial score (nSPS) is 9.95. The summed E-state index contributed by atoms with van der Waals surface area (Å²) in [6, 6.07) is 3.29. The summed E-state index contributed by atoms with van der Waals surface area (Å²) >= 11 is 4.36. The molecule has 0 aliphatic heterocycles. The van der Waals surface area contributed by atoms with Gasteiger partial charge < -0.3 is 19.9 Å². The molecular weight excluding hydrogens is 350 g/mol. The van der Waals surface area contributed by atoms with Crippen molar-refractivity contribution < 1.29 is 24.2 Å². The molecule has 0 saturated carbocycles. The van der Waals surface area contributed by atoms with Crippen LogP contribution in [0.15, 0.2) is 16.6 Å². The van der Waals surface area contributed by atoms with Gasteiger partial charge >= 0.3 is 5.97 Å². The van der Waals surface area contributed by atoms with E-state index in [4.69, 9.17) is 14.6 Å². The van der Waals surface area contributed by atoms with Crippen LogP contribution in [0.1, 0.15) is 0 Å². The maximum absolute atomic E-state index is 11.7. The number of nitrogens with one attached hydrogen (secondary N) is 1. The monoisotopic (exact) mass is 363 g/mol. The zero-order valence-electron chi connectivity index (χ0n) is 10.9. The first-order valence-corrected chi connectivity index (χ1v) is 7.43. The van der Waals surface area contributed by atoms with Crippen molar-refractivity contribution in [3.63, 3.8) is 0 Å². The lowest BCUT2D eigenvalue weighted by molar-refractivity contribution is -0.133. The molecule has 8 heteroatoms. The SMILES string of the molecule is COc1cc(NC(=O)CSCC(=O)O)cc(OC)c1Br. The Morgan fingerprint density at radius 3 is 2.25 bits per heavy atom. The van der Waals surface area contributed by atoms with Crippen LogP contribution >= 0.6 is 27.7 Å². The fourth-order valence-electron chi connectivity index (χ4n) is 1.37. The van der Waals surface area contributed by atoms with Gasteiger partial charge in [0.15, 0.2) is 0 Å². The first-order chi connectivity index (χ1) is 9.47. The quantitative estimate of drug-likeness (QED) is 0.772. The number of carboxylic acid groups (broad SMARTS) is 1. The number of benzene rings is 1. The average Bonchev–Trinajstić information content (AvgIpc) is 2.40. The topological polar surface area (TPSA) is 84.9 Å². The summed E-state index contributed by atoms with van der Waals surface area (Å²) in [6.07, 6.45) is 0. The van der Waals surface area contributed by atoms with E-state index in [0.717, 1.165) is 11.8 Å². The Hall–Kier alpha value is -1.41. The van der Waals surface area contributed by atoms with Crippen molar-refractivity contribution in [3.8, 4) is 11.5 Å². The lowest BCUT2D eigenvalue weighted by atomic mass is 10.2. The van der Waals surface area contributed by atoms with E-state index < -0.39 is 5.97 Å². The fourth-order valence-corrected chi connectivity index (χ4v) is 2.46. The second-order valence-corrected chi connectivity index (χ2v) is 5.41. The van der Waals surface area contributed by atoms with E-state index in [-0.39, 0.29) is 17.4 Å². The molecule has 1 aromatic carbocycles. The van der Waals surface area contributed by atoms with E-state index in [9.17, 15) is 9.59 Å². The van der Waals surface area contributed by atoms with E-state index >= 15 is 0 Å². The van der Waals surface area contributed by atoms with E-state index in [1.165, 1.54) is 14.2 Å². The predicted octanol–water partition coefficient (Wildman–Crippen LogP) is 2.22. The lowest BCUT2D eigenvalue weighted by Gasteiger charge is -2.12. The van der Waals surface area contributed by atoms with E-state index in [0.29, 0.717) is 21.7 Å². The Kier molecular flexibility index (Phi) is 6.66. The number of hydrogen-bond acceptors (Lipinski definition) is 5. The Morgan fingerprint density at radius 1 is 1.25 bits per heavy atom. The Morgan fingerprint density at radius 2 is 1.80 bits per heavy atom. The molecule has 6 nitrogen and oxygen atoms in total. The van der Waals surface area contributed by atoms with Crippen molar-refractivity contribution in [2.75, 3.05) is 31.0 Å². The molecule has 1 rings (SSSR count). The van der Waals surface area contributed by atoms with E-state index in [2.05, 4.69) is 21.2 Å². The lowest BCUT2D eigenvalue weighted by Crippen LogP contribution is -2.15. The summed E-state index contributed by atoms with van der Waals surface area (Å²) in [6.45, 7) is 0. The van der Waals surface area contributed by atoms with Crippen molar-refractivity contribution in [2.24, 2.45) is 0 Å². The number of amides is 1. The third-order valence-electron chi connectivity index (χ3n) is 2.19. The molecule has 110 valence electrons. The van der Waals surface area contributed by atoms with Crippen LogP contribution < -0.4 is 14.8 Å². The van der Waals surface area contributed by atoms with Gasteiger partial charge in [0.2, 0.25) is 5.91 Å². The van der Waals surface area contributed by atoms with Crippen molar-refractivity contribution >= 4 is 45.3 Å². The highest BCUT2D eigenvalue weighted by Crippen LogP contribution is 2.37. The summed E-state index contributed by atoms with van der Waals surface area (Å²) < 4.78 is 11.0. The molecular formula is C12H14BrNO5S. The summed E-state index contributed by atoms with van der Waals surface area (Å²) in [5, 5.41) is 11.2. The molecule has 20 heavy (non-hydrogen) atoms. The van der Waals surface area contributed by atoms with Crippen LogP contribution in [-0.2, 0) is 9.59 Å². The van der Waals surface area contributed by atoms with Gasteiger partial charge in [0.25, 0.3) is 0 Å². The number of carbonyl (C=O) groups is 2. The fraction of sp³-hybridized carbons (Fsp3) is 0.333. The smallest absolute Gasteiger partial charge is 0.313 e. The van der Waals surface area contributed by atoms with Gasteiger partial charge in [-0.25, -0.2) is 0 Å². The third kappa shape index (κ3) is 4.93. The second kappa shape index (κ2) is 8.01. The van der Waals surface area contributed by atoms with Crippen LogP contribution in [0.5, 0.6) is 11.5 Å². The van der Waals surface area contributed by atoms with Crippen LogP contribution in [0, 0.1) is 0 Å². The Labute approximate surface area is 129 Å². The molecule has 2 N–H and O–H groups in total. The zero-order valence-corrected chi connectivity index (χ0v) is 13.3. The molecule has 0 bridgehead atoms. The molecule has 0 aromatic heterocycles. The minimum Gasteiger partial charge on any atom is -0.495 e. The third-order valence-corrected chi connectivity index (χ3v) is 3.89. The standard InChI is InChI=1S/C12H14BrNO5S/c1-18-8-3-7(4-9(19-2)12(8)13)14-10(15)5-20-6-11(16)17/h3-4H,5-6H2,1-2H3,(H,14,15)(H,16,17). The van der Waals surface area contributed by atoms with Gasteiger partial charge in [0.1, 0.15) is 16.0 Å². The highest BCUT2D eigenvalue weighted by molar-refractivity contribution is 9.10. The molecule has 1 aromatic rings. The number of hydrogen-bond donors (Lipinski definition) is 2. The van der Waals surface area contributed by atoms with Crippen LogP contribution in [0.25, 0.3) is 0 Å². The minimum absolute atomic E-state index is 0.0625. The number of rotatable bonds is 7. The van der Waals surface area contributed by atoms with Gasteiger partial charge in [0, 0.05) is 17.8 Å². The highest BCUT2D eigenvalue weighted by atomic mass is 79.9. The highest BCUT2D eigenvalue weighted by Gasteiger charge is 2.12. The van der Waals surface area contributed by atoms with Crippen molar-refractivity contribution in [1.82, 2.24) is 0 Å². The number of carboxylic acids is 1. The molecule has 0 spiro atoms. The maximum atomic E-state index is 11.7. The molecule has 0 aliphatic rings. The van der Waals surface area contributed by atoms with Crippen molar-refractivity contribution in [3.05, 3.63) is 16.6 Å². The number of aliphatic carboxylic acids is 1. The number of ether oxygens (including phenoxy) is 2. The van der Waals surface area contributed by atoms with E-state index in [1.807, 2.05) is 0 Å². The first kappa shape index (κ1) is 16.6. The van der Waals surface area contributed by atoms with Gasteiger partial charge in [-0.1, -0.05) is 0 Å². The minimum atomic E-state index is -0.949. The summed E-state index contributed by atoms with van der Waals surface area (Å²) in [7, 11) is 3.02. The molecule has 0 saturated heterocycles. The van der Waals surface area contributed by atoms with Crippen LogP contribution in [0.4, 0.5) is 5.69 Å². The van der Waals surface area contributed by atoms with Gasteiger partial charge in [-0.3, -0.25) is 9.59 Å². The summed E-state index contributed by atoms with van der Waals surface area (Å²) in [4.78, 5) is 22.0. The predicted molar refractivity (Wildman–Crippen MR) is 80.8 cm³/mol. The van der Waals surface area contributed by atoms with Crippen molar-refractivity contribution in [2.45, 2.75) is 0 Å². The van der Waals surface area contributed by atoms with Crippen molar-refractivity contribution in [1.29, 1.82) is 0 Å². The Bertz CT molecular complexity index is 484. The van der Waals surface area contributed by atoms with Gasteiger partial charge in [-0.2, -0.15) is 0 Å².